The molecule has 0 amide bonds. The molecule has 0 atom stereocenters. The predicted molar refractivity (Wildman–Crippen MR) is 79.4 cm³/mol. The van der Waals surface area contributed by atoms with Crippen molar-refractivity contribution in [1.29, 1.82) is 0 Å². The molecule has 102 valence electrons. The number of rotatable bonds is 1. The highest BCUT2D eigenvalue weighted by Crippen LogP contribution is 2.32. The van der Waals surface area contributed by atoms with E-state index in [4.69, 9.17) is 17.0 Å². The first-order chi connectivity index (χ1) is 9.81. The predicted octanol–water partition coefficient (Wildman–Crippen LogP) is 3.09. The fourth-order valence-electron chi connectivity index (χ4n) is 3.22. The van der Waals surface area contributed by atoms with Crippen LogP contribution in [0.4, 0.5) is 0 Å². The molecular weight excluding hydrogens is 268 g/mol. The number of fused-ring (bicyclic) bond motifs is 2. The molecule has 2 aromatic rings. The summed E-state index contributed by atoms with van der Waals surface area (Å²) < 4.78 is 6.18. The molecule has 0 radical (unpaired) electrons. The molecule has 4 rings (SSSR count). The smallest absolute Gasteiger partial charge is 0.135 e. The summed E-state index contributed by atoms with van der Waals surface area (Å²) in [4.78, 5) is 8.16. The van der Waals surface area contributed by atoms with Crippen molar-refractivity contribution in [3.8, 4) is 0 Å². The normalized spacial score (nSPS) is 17.8. The molecule has 4 heteroatoms. The van der Waals surface area contributed by atoms with Gasteiger partial charge >= 0.3 is 0 Å². The molecule has 1 aromatic carbocycles. The summed E-state index contributed by atoms with van der Waals surface area (Å²) in [6.45, 7) is 1.37. The number of benzene rings is 1. The number of hydrogen-bond donors (Lipinski definition) is 1. The molecule has 20 heavy (non-hydrogen) atoms. The van der Waals surface area contributed by atoms with Crippen LogP contribution in [0, 0.1) is 4.64 Å². The van der Waals surface area contributed by atoms with Gasteiger partial charge in [-0.1, -0.05) is 36.5 Å². The van der Waals surface area contributed by atoms with Gasteiger partial charge in [0.15, 0.2) is 0 Å². The van der Waals surface area contributed by atoms with Crippen molar-refractivity contribution < 1.29 is 4.74 Å². The van der Waals surface area contributed by atoms with Gasteiger partial charge in [-0.2, -0.15) is 0 Å². The van der Waals surface area contributed by atoms with Crippen LogP contribution in [0.5, 0.6) is 0 Å². The van der Waals surface area contributed by atoms with Crippen LogP contribution in [0.1, 0.15) is 34.1 Å². The van der Waals surface area contributed by atoms with Crippen molar-refractivity contribution >= 4 is 12.2 Å². The van der Waals surface area contributed by atoms with Crippen LogP contribution in [-0.2, 0) is 30.6 Å². The van der Waals surface area contributed by atoms with Crippen molar-refractivity contribution in [2.75, 3.05) is 6.61 Å². The summed E-state index contributed by atoms with van der Waals surface area (Å²) in [6.07, 6.45) is 3.03. The highest BCUT2D eigenvalue weighted by Gasteiger charge is 2.25. The summed E-state index contributed by atoms with van der Waals surface area (Å²) in [5.41, 5.74) is 5.19. The third kappa shape index (κ3) is 2.00. The average molecular weight is 284 g/mol. The average Bonchev–Trinajstić information content (AvgIpc) is 2.91. The van der Waals surface area contributed by atoms with Crippen LogP contribution in [-0.4, -0.2) is 16.6 Å². The first kappa shape index (κ1) is 12.2. The van der Waals surface area contributed by atoms with Gasteiger partial charge in [-0.15, -0.1) is 0 Å². The zero-order valence-electron chi connectivity index (χ0n) is 11.2. The quantitative estimate of drug-likeness (QED) is 0.818. The number of hydrogen-bond acceptors (Lipinski definition) is 3. The van der Waals surface area contributed by atoms with Gasteiger partial charge < -0.3 is 9.72 Å². The van der Waals surface area contributed by atoms with E-state index in [0.717, 1.165) is 37.3 Å². The Morgan fingerprint density at radius 1 is 1.20 bits per heavy atom. The van der Waals surface area contributed by atoms with Gasteiger partial charge in [-0.05, 0) is 24.0 Å². The minimum atomic E-state index is 0.433. The van der Waals surface area contributed by atoms with Crippen molar-refractivity contribution in [3.63, 3.8) is 0 Å². The van der Waals surface area contributed by atoms with E-state index in [1.807, 2.05) is 0 Å². The van der Waals surface area contributed by atoms with Crippen LogP contribution in [0.3, 0.4) is 0 Å². The molecule has 0 unspecified atom stereocenters. The minimum Gasteiger partial charge on any atom is -0.376 e. The second-order valence-electron chi connectivity index (χ2n) is 5.56. The lowest BCUT2D eigenvalue weighted by molar-refractivity contribution is 0.108. The van der Waals surface area contributed by atoms with E-state index < -0.39 is 0 Å². The molecule has 1 N–H and O–H groups in total. The van der Waals surface area contributed by atoms with Crippen LogP contribution < -0.4 is 0 Å². The van der Waals surface area contributed by atoms with Gasteiger partial charge in [0.05, 0.1) is 13.2 Å². The standard InChI is InChI=1S/C16H16N2OS/c20-16-13-9-19-6-5-14(13)17-15(18-16)12-7-10-3-1-2-4-11(10)8-12/h1-4,12H,5-9H2,(H,17,18,20). The van der Waals surface area contributed by atoms with Gasteiger partial charge in [0.2, 0.25) is 0 Å². The van der Waals surface area contributed by atoms with Crippen LogP contribution in [0.25, 0.3) is 0 Å². The third-order valence-electron chi connectivity index (χ3n) is 4.30. The molecule has 0 fully saturated rings. The monoisotopic (exact) mass is 284 g/mol. The van der Waals surface area contributed by atoms with Crippen molar-refractivity contribution in [3.05, 3.63) is 57.1 Å². The number of nitrogens with one attached hydrogen (secondary N) is 1. The Hall–Kier alpha value is -1.52. The van der Waals surface area contributed by atoms with E-state index in [9.17, 15) is 0 Å². The first-order valence-corrected chi connectivity index (χ1v) is 7.48. The van der Waals surface area contributed by atoms with E-state index in [1.54, 1.807) is 0 Å². The second-order valence-corrected chi connectivity index (χ2v) is 5.95. The first-order valence-electron chi connectivity index (χ1n) is 7.08. The number of nitrogens with zero attached hydrogens (tertiary/aromatic N) is 1. The Morgan fingerprint density at radius 3 is 2.70 bits per heavy atom. The Bertz CT molecular complexity index is 698. The molecule has 0 spiro atoms. The van der Waals surface area contributed by atoms with Crippen molar-refractivity contribution in [2.45, 2.75) is 31.8 Å². The fraction of sp³-hybridized carbons (Fsp3) is 0.375. The molecule has 1 aliphatic carbocycles. The number of aromatic nitrogens is 2. The van der Waals surface area contributed by atoms with Gasteiger partial charge in [-0.3, -0.25) is 0 Å². The molecular formula is C16H16N2OS. The van der Waals surface area contributed by atoms with Crippen molar-refractivity contribution in [1.82, 2.24) is 9.97 Å². The molecule has 0 saturated heterocycles. The Balaban J connectivity index is 1.71. The summed E-state index contributed by atoms with van der Waals surface area (Å²) in [5, 5.41) is 0. The largest absolute Gasteiger partial charge is 0.376 e. The summed E-state index contributed by atoms with van der Waals surface area (Å²) in [6, 6.07) is 8.66. The fourth-order valence-corrected chi connectivity index (χ4v) is 3.50. The molecule has 1 aliphatic heterocycles. The minimum absolute atomic E-state index is 0.433. The molecule has 2 aliphatic rings. The van der Waals surface area contributed by atoms with Gasteiger partial charge in [-0.25, -0.2) is 4.98 Å². The van der Waals surface area contributed by atoms with Crippen molar-refractivity contribution in [2.24, 2.45) is 0 Å². The maximum Gasteiger partial charge on any atom is 0.135 e. The summed E-state index contributed by atoms with van der Waals surface area (Å²) >= 11 is 5.44. The molecule has 0 bridgehead atoms. The summed E-state index contributed by atoms with van der Waals surface area (Å²) in [7, 11) is 0. The summed E-state index contributed by atoms with van der Waals surface area (Å²) in [5.74, 6) is 1.48. The molecule has 3 nitrogen and oxygen atoms in total. The van der Waals surface area contributed by atoms with Gasteiger partial charge in [0, 0.05) is 23.6 Å². The Labute approximate surface area is 123 Å². The third-order valence-corrected chi connectivity index (χ3v) is 4.64. The van der Waals surface area contributed by atoms with Crippen LogP contribution >= 0.6 is 12.2 Å². The maximum absolute atomic E-state index is 5.47. The van der Waals surface area contributed by atoms with Crippen LogP contribution in [0.15, 0.2) is 24.3 Å². The zero-order valence-corrected chi connectivity index (χ0v) is 12.0. The second kappa shape index (κ2) is 4.79. The number of aromatic amines is 1. The highest BCUT2D eigenvalue weighted by molar-refractivity contribution is 7.71. The number of H-pyrrole nitrogens is 1. The lowest BCUT2D eigenvalue weighted by Gasteiger charge is -2.19. The molecule has 2 heterocycles. The van der Waals surface area contributed by atoms with E-state index in [1.165, 1.54) is 16.8 Å². The maximum atomic E-state index is 5.47. The van der Waals surface area contributed by atoms with Gasteiger partial charge in [0.25, 0.3) is 0 Å². The van der Waals surface area contributed by atoms with E-state index in [0.29, 0.717) is 17.2 Å². The van der Waals surface area contributed by atoms with E-state index >= 15 is 0 Å². The van der Waals surface area contributed by atoms with E-state index in [2.05, 4.69) is 34.2 Å². The molecule has 0 saturated carbocycles. The topological polar surface area (TPSA) is 37.9 Å². The Kier molecular flexibility index (Phi) is 2.93. The van der Waals surface area contributed by atoms with E-state index in [-0.39, 0.29) is 0 Å². The number of ether oxygens (including phenoxy) is 1. The lowest BCUT2D eigenvalue weighted by atomic mass is 10.0. The lowest BCUT2D eigenvalue weighted by Crippen LogP contribution is -2.16. The zero-order chi connectivity index (χ0) is 13.5. The molecule has 1 aromatic heterocycles. The van der Waals surface area contributed by atoms with Crippen LogP contribution in [0.2, 0.25) is 0 Å². The Morgan fingerprint density at radius 2 is 1.95 bits per heavy atom. The SMILES string of the molecule is S=c1nc(C2Cc3ccccc3C2)[nH]c2c1COCC2. The van der Waals surface area contributed by atoms with Gasteiger partial charge in [0.1, 0.15) is 10.5 Å². The highest BCUT2D eigenvalue weighted by atomic mass is 32.1.